The quantitative estimate of drug-likeness (QED) is 0.780. The van der Waals surface area contributed by atoms with Crippen molar-refractivity contribution in [3.63, 3.8) is 0 Å². The van der Waals surface area contributed by atoms with E-state index in [1.165, 1.54) is 17.0 Å². The van der Waals surface area contributed by atoms with E-state index in [1.54, 1.807) is 6.92 Å². The molecule has 0 aliphatic carbocycles. The molecule has 2 amide bonds. The molecule has 0 saturated carbocycles. The van der Waals surface area contributed by atoms with E-state index in [2.05, 4.69) is 27.7 Å². The Morgan fingerprint density at radius 1 is 1.38 bits per heavy atom. The number of urea groups is 1. The number of thiophene rings is 1. The van der Waals surface area contributed by atoms with E-state index in [-0.39, 0.29) is 18.6 Å². The van der Waals surface area contributed by atoms with Crippen LogP contribution in [0.15, 0.2) is 47.2 Å². The number of para-hydroxylation sites is 1. The number of nitrogens with one attached hydrogen (secondary N) is 2. The van der Waals surface area contributed by atoms with Crippen LogP contribution in [0.2, 0.25) is 0 Å². The zero-order chi connectivity index (χ0) is 17.0. The lowest BCUT2D eigenvalue weighted by Crippen LogP contribution is -2.47. The minimum absolute atomic E-state index is 0.122. The molecule has 2 atom stereocenters. The number of nitrogens with zero attached hydrogens (tertiary/aromatic N) is 1. The lowest BCUT2D eigenvalue weighted by atomic mass is 9.99. The maximum absolute atomic E-state index is 12.1. The van der Waals surface area contributed by atoms with Crippen LogP contribution in [0, 0.1) is 0 Å². The molecule has 2 aromatic rings. The standard InChI is InChI=1S/C18H23N3O2S/c1-18(23,14-8-10-24-12-14)13-19-17(22)20-15-7-9-21(11-15)16-5-3-2-4-6-16/h2-6,8,10,12,15,23H,7,9,11,13H2,1H3,(H2,19,20,22)/t15-,18-/m0/s1. The topological polar surface area (TPSA) is 64.6 Å². The van der Waals surface area contributed by atoms with Gasteiger partial charge in [0, 0.05) is 24.8 Å². The van der Waals surface area contributed by atoms with Gasteiger partial charge >= 0.3 is 6.03 Å². The van der Waals surface area contributed by atoms with Crippen molar-refractivity contribution in [3.8, 4) is 0 Å². The summed E-state index contributed by atoms with van der Waals surface area (Å²) >= 11 is 1.53. The first-order valence-electron chi connectivity index (χ1n) is 8.14. The summed E-state index contributed by atoms with van der Waals surface area (Å²) in [4.78, 5) is 14.4. The smallest absolute Gasteiger partial charge is 0.315 e. The number of benzene rings is 1. The van der Waals surface area contributed by atoms with Crippen molar-refractivity contribution >= 4 is 23.1 Å². The third kappa shape index (κ3) is 4.07. The van der Waals surface area contributed by atoms with Crippen molar-refractivity contribution in [3.05, 3.63) is 52.7 Å². The molecule has 2 heterocycles. The number of amides is 2. The normalized spacial score (nSPS) is 19.8. The monoisotopic (exact) mass is 345 g/mol. The van der Waals surface area contributed by atoms with E-state index >= 15 is 0 Å². The first-order valence-corrected chi connectivity index (χ1v) is 9.08. The Hall–Kier alpha value is -2.05. The number of hydrogen-bond acceptors (Lipinski definition) is 4. The van der Waals surface area contributed by atoms with Gasteiger partial charge in [-0.15, -0.1) is 0 Å². The molecule has 24 heavy (non-hydrogen) atoms. The average molecular weight is 345 g/mol. The molecule has 6 heteroatoms. The van der Waals surface area contributed by atoms with E-state index in [4.69, 9.17) is 0 Å². The Labute approximate surface area is 146 Å². The number of anilines is 1. The molecule has 3 rings (SSSR count). The van der Waals surface area contributed by atoms with Crippen LogP contribution in [-0.2, 0) is 5.60 Å². The highest BCUT2D eigenvalue weighted by molar-refractivity contribution is 7.08. The van der Waals surface area contributed by atoms with Gasteiger partial charge in [-0.2, -0.15) is 11.3 Å². The number of aliphatic hydroxyl groups is 1. The molecular weight excluding hydrogens is 322 g/mol. The number of rotatable bonds is 5. The van der Waals surface area contributed by atoms with E-state index in [9.17, 15) is 9.90 Å². The fourth-order valence-corrected chi connectivity index (χ4v) is 3.70. The SMILES string of the molecule is C[C@](O)(CNC(=O)N[C@H]1CCN(c2ccccc2)C1)c1ccsc1. The fraction of sp³-hybridized carbons (Fsp3) is 0.389. The maximum Gasteiger partial charge on any atom is 0.315 e. The second kappa shape index (κ2) is 7.23. The van der Waals surface area contributed by atoms with Crippen molar-refractivity contribution in [1.29, 1.82) is 0 Å². The second-order valence-corrected chi connectivity index (χ2v) is 7.16. The van der Waals surface area contributed by atoms with Gasteiger partial charge in [0.2, 0.25) is 0 Å². The summed E-state index contributed by atoms with van der Waals surface area (Å²) in [7, 11) is 0. The highest BCUT2D eigenvalue weighted by Gasteiger charge is 2.27. The van der Waals surface area contributed by atoms with Gasteiger partial charge in [0.1, 0.15) is 5.60 Å². The van der Waals surface area contributed by atoms with Crippen LogP contribution < -0.4 is 15.5 Å². The van der Waals surface area contributed by atoms with Crippen LogP contribution in [0.25, 0.3) is 0 Å². The Kier molecular flexibility index (Phi) is 5.06. The molecule has 0 radical (unpaired) electrons. The van der Waals surface area contributed by atoms with Crippen LogP contribution in [0.5, 0.6) is 0 Å². The maximum atomic E-state index is 12.1. The lowest BCUT2D eigenvalue weighted by molar-refractivity contribution is 0.0597. The third-order valence-corrected chi connectivity index (χ3v) is 5.06. The average Bonchev–Trinajstić information content (AvgIpc) is 3.26. The summed E-state index contributed by atoms with van der Waals surface area (Å²) < 4.78 is 0. The second-order valence-electron chi connectivity index (χ2n) is 6.38. The summed E-state index contributed by atoms with van der Waals surface area (Å²) in [5.74, 6) is 0. The van der Waals surface area contributed by atoms with Crippen molar-refractivity contribution in [2.45, 2.75) is 25.0 Å². The summed E-state index contributed by atoms with van der Waals surface area (Å²) in [6, 6.07) is 12.0. The van der Waals surface area contributed by atoms with Crippen LogP contribution in [-0.4, -0.2) is 36.8 Å². The number of hydrogen-bond donors (Lipinski definition) is 3. The van der Waals surface area contributed by atoms with Crippen LogP contribution in [0.1, 0.15) is 18.9 Å². The highest BCUT2D eigenvalue weighted by Crippen LogP contribution is 2.22. The molecule has 3 N–H and O–H groups in total. The van der Waals surface area contributed by atoms with Crippen LogP contribution >= 0.6 is 11.3 Å². The number of carbonyl (C=O) groups excluding carboxylic acids is 1. The highest BCUT2D eigenvalue weighted by atomic mass is 32.1. The molecule has 128 valence electrons. The van der Waals surface area contributed by atoms with Crippen molar-refractivity contribution in [2.24, 2.45) is 0 Å². The van der Waals surface area contributed by atoms with Gasteiger partial charge in [-0.05, 0) is 47.9 Å². The summed E-state index contributed by atoms with van der Waals surface area (Å²) in [6.45, 7) is 3.63. The molecule has 0 spiro atoms. The molecule has 0 bridgehead atoms. The Bertz CT molecular complexity index is 658. The fourth-order valence-electron chi connectivity index (χ4n) is 2.91. The van der Waals surface area contributed by atoms with Gasteiger partial charge in [0.15, 0.2) is 0 Å². The summed E-state index contributed by atoms with van der Waals surface area (Å²) in [5.41, 5.74) is 0.954. The zero-order valence-corrected chi connectivity index (χ0v) is 14.6. The molecular formula is C18H23N3O2S. The predicted octanol–water partition coefficient (Wildman–Crippen LogP) is 2.53. The minimum atomic E-state index is -1.05. The van der Waals surface area contributed by atoms with E-state index in [1.807, 2.05) is 35.0 Å². The Morgan fingerprint density at radius 2 is 2.17 bits per heavy atom. The van der Waals surface area contributed by atoms with Gasteiger partial charge in [0.25, 0.3) is 0 Å². The zero-order valence-electron chi connectivity index (χ0n) is 13.7. The molecule has 5 nitrogen and oxygen atoms in total. The third-order valence-electron chi connectivity index (χ3n) is 4.38. The molecule has 1 aliphatic heterocycles. The van der Waals surface area contributed by atoms with Gasteiger partial charge in [-0.25, -0.2) is 4.79 Å². The first-order chi connectivity index (χ1) is 11.5. The Balaban J connectivity index is 1.46. The molecule has 1 saturated heterocycles. The van der Waals surface area contributed by atoms with Gasteiger partial charge < -0.3 is 20.6 Å². The van der Waals surface area contributed by atoms with E-state index < -0.39 is 5.60 Å². The summed E-state index contributed by atoms with van der Waals surface area (Å²) in [6.07, 6.45) is 0.920. The molecule has 1 aromatic heterocycles. The van der Waals surface area contributed by atoms with Gasteiger partial charge in [0.05, 0.1) is 6.54 Å². The minimum Gasteiger partial charge on any atom is -0.384 e. The summed E-state index contributed by atoms with van der Waals surface area (Å²) in [5, 5.41) is 20.0. The van der Waals surface area contributed by atoms with Crippen molar-refractivity contribution < 1.29 is 9.90 Å². The Morgan fingerprint density at radius 3 is 2.88 bits per heavy atom. The van der Waals surface area contributed by atoms with Crippen molar-refractivity contribution in [2.75, 3.05) is 24.5 Å². The molecule has 1 aliphatic rings. The van der Waals surface area contributed by atoms with Crippen molar-refractivity contribution in [1.82, 2.24) is 10.6 Å². The lowest BCUT2D eigenvalue weighted by Gasteiger charge is -2.24. The van der Waals surface area contributed by atoms with Crippen LogP contribution in [0.4, 0.5) is 10.5 Å². The van der Waals surface area contributed by atoms with Gasteiger partial charge in [-0.1, -0.05) is 18.2 Å². The van der Waals surface area contributed by atoms with Crippen LogP contribution in [0.3, 0.4) is 0 Å². The van der Waals surface area contributed by atoms with E-state index in [0.29, 0.717) is 0 Å². The van der Waals surface area contributed by atoms with E-state index in [0.717, 1.165) is 25.1 Å². The van der Waals surface area contributed by atoms with Gasteiger partial charge in [-0.3, -0.25) is 0 Å². The first kappa shape index (κ1) is 16.8. The molecule has 0 unspecified atom stereocenters. The molecule has 1 aromatic carbocycles. The molecule has 1 fully saturated rings. The largest absolute Gasteiger partial charge is 0.384 e. The predicted molar refractivity (Wildman–Crippen MR) is 97.5 cm³/mol. The number of carbonyl (C=O) groups is 1.